The van der Waals surface area contributed by atoms with Gasteiger partial charge in [0, 0.05) is 30.4 Å². The van der Waals surface area contributed by atoms with Gasteiger partial charge in [0.05, 0.1) is 0 Å². The number of benzene rings is 1. The Hall–Kier alpha value is -2.88. The van der Waals surface area contributed by atoms with Gasteiger partial charge in [-0.1, -0.05) is 54.7 Å². The predicted molar refractivity (Wildman–Crippen MR) is 104 cm³/mol. The number of amides is 2. The third kappa shape index (κ3) is 7.97. The summed E-state index contributed by atoms with van der Waals surface area (Å²) in [4.78, 5) is 26.0. The second-order valence-corrected chi connectivity index (χ2v) is 5.46. The van der Waals surface area contributed by atoms with Crippen molar-refractivity contribution >= 4 is 17.5 Å². The van der Waals surface area contributed by atoms with Gasteiger partial charge in [0.25, 0.3) is 5.91 Å². The lowest BCUT2D eigenvalue weighted by molar-refractivity contribution is -0.117. The maximum atomic E-state index is 12.5. The van der Waals surface area contributed by atoms with E-state index in [1.807, 2.05) is 63.3 Å². The molecule has 0 spiro atoms. The molecule has 1 atom stereocenters. The standard InChI is InChI=1S/C21H26N2O2/c1-4-6-9-15-20(24)22-18(3)17-23(19-13-11-8-12-14-19)21(25)16-10-7-5-2/h4-16,18H,17H2,1-3H3,(H,22,24)/b6-4+,7-5+,15-9+,16-10+. The Morgan fingerprint density at radius 1 is 1.00 bits per heavy atom. The van der Waals surface area contributed by atoms with Crippen LogP contribution in [-0.4, -0.2) is 24.4 Å². The molecule has 0 saturated heterocycles. The smallest absolute Gasteiger partial charge is 0.251 e. The molecular weight excluding hydrogens is 312 g/mol. The summed E-state index contributed by atoms with van der Waals surface area (Å²) >= 11 is 0. The number of para-hydroxylation sites is 1. The largest absolute Gasteiger partial charge is 0.348 e. The third-order valence-corrected chi connectivity index (χ3v) is 3.27. The maximum absolute atomic E-state index is 12.5. The maximum Gasteiger partial charge on any atom is 0.251 e. The molecule has 2 amide bonds. The van der Waals surface area contributed by atoms with Crippen LogP contribution in [0.15, 0.2) is 78.9 Å². The van der Waals surface area contributed by atoms with Crippen LogP contribution in [0, 0.1) is 0 Å². The molecule has 1 aromatic rings. The molecule has 0 saturated carbocycles. The summed E-state index contributed by atoms with van der Waals surface area (Å²) in [6.07, 6.45) is 13.7. The molecule has 0 fully saturated rings. The Bertz CT molecular complexity index is 658. The molecule has 4 nitrogen and oxygen atoms in total. The number of allylic oxidation sites excluding steroid dienone is 6. The van der Waals surface area contributed by atoms with Crippen LogP contribution in [0.5, 0.6) is 0 Å². The number of carbonyl (C=O) groups is 2. The lowest BCUT2D eigenvalue weighted by atomic mass is 10.2. The van der Waals surface area contributed by atoms with Crippen molar-refractivity contribution in [3.05, 3.63) is 78.9 Å². The quantitative estimate of drug-likeness (QED) is 0.579. The van der Waals surface area contributed by atoms with Gasteiger partial charge in [-0.2, -0.15) is 0 Å². The zero-order chi connectivity index (χ0) is 18.5. The van der Waals surface area contributed by atoms with E-state index in [4.69, 9.17) is 0 Å². The van der Waals surface area contributed by atoms with Crippen molar-refractivity contribution in [2.24, 2.45) is 0 Å². The Kier molecular flexibility index (Phi) is 9.38. The van der Waals surface area contributed by atoms with Gasteiger partial charge < -0.3 is 10.2 Å². The lowest BCUT2D eigenvalue weighted by Crippen LogP contribution is -2.43. The van der Waals surface area contributed by atoms with Gasteiger partial charge in [-0.3, -0.25) is 9.59 Å². The Balaban J connectivity index is 2.83. The molecule has 1 N–H and O–H groups in total. The molecule has 0 aromatic heterocycles. The molecule has 0 aliphatic carbocycles. The molecule has 0 aliphatic heterocycles. The van der Waals surface area contributed by atoms with Gasteiger partial charge in [0.2, 0.25) is 5.91 Å². The van der Waals surface area contributed by atoms with Crippen molar-refractivity contribution in [2.75, 3.05) is 11.4 Å². The SMILES string of the molecule is C/C=C/C=C/C(=O)NC(C)CN(C(=O)/C=C/C=C/C)c1ccccc1. The highest BCUT2D eigenvalue weighted by Gasteiger charge is 2.17. The Labute approximate surface area is 150 Å². The molecule has 1 aromatic carbocycles. The summed E-state index contributed by atoms with van der Waals surface area (Å²) in [5.74, 6) is -0.314. The summed E-state index contributed by atoms with van der Waals surface area (Å²) in [5, 5.41) is 2.87. The molecule has 25 heavy (non-hydrogen) atoms. The first-order valence-corrected chi connectivity index (χ1v) is 8.34. The number of anilines is 1. The topological polar surface area (TPSA) is 49.4 Å². The fraction of sp³-hybridized carbons (Fsp3) is 0.238. The first kappa shape index (κ1) is 20.2. The van der Waals surface area contributed by atoms with E-state index in [1.54, 1.807) is 29.2 Å². The van der Waals surface area contributed by atoms with Crippen molar-refractivity contribution in [3.63, 3.8) is 0 Å². The van der Waals surface area contributed by atoms with E-state index in [2.05, 4.69) is 5.32 Å². The van der Waals surface area contributed by atoms with Crippen LogP contribution in [0.3, 0.4) is 0 Å². The van der Waals surface area contributed by atoms with Gasteiger partial charge in [0.15, 0.2) is 0 Å². The average Bonchev–Trinajstić information content (AvgIpc) is 2.60. The average molecular weight is 338 g/mol. The number of nitrogens with zero attached hydrogens (tertiary/aromatic N) is 1. The van der Waals surface area contributed by atoms with E-state index < -0.39 is 0 Å². The fourth-order valence-corrected chi connectivity index (χ4v) is 2.13. The zero-order valence-electron chi connectivity index (χ0n) is 15.1. The number of hydrogen-bond donors (Lipinski definition) is 1. The van der Waals surface area contributed by atoms with Crippen LogP contribution >= 0.6 is 0 Å². The fourth-order valence-electron chi connectivity index (χ4n) is 2.13. The first-order chi connectivity index (χ1) is 12.1. The molecule has 0 aliphatic rings. The van der Waals surface area contributed by atoms with E-state index in [0.29, 0.717) is 6.54 Å². The van der Waals surface area contributed by atoms with Crippen molar-refractivity contribution in [2.45, 2.75) is 26.8 Å². The molecular formula is C21H26N2O2. The molecule has 0 heterocycles. The van der Waals surface area contributed by atoms with Crippen molar-refractivity contribution in [1.29, 1.82) is 0 Å². The van der Waals surface area contributed by atoms with E-state index in [0.717, 1.165) is 5.69 Å². The van der Waals surface area contributed by atoms with Gasteiger partial charge in [-0.05, 0) is 32.9 Å². The molecule has 1 unspecified atom stereocenters. The minimum atomic E-state index is -0.193. The molecule has 0 bridgehead atoms. The van der Waals surface area contributed by atoms with Gasteiger partial charge in [0.1, 0.15) is 0 Å². The normalized spacial score (nSPS) is 13.1. The third-order valence-electron chi connectivity index (χ3n) is 3.27. The van der Waals surface area contributed by atoms with Gasteiger partial charge >= 0.3 is 0 Å². The molecule has 4 heteroatoms. The van der Waals surface area contributed by atoms with E-state index in [1.165, 1.54) is 12.2 Å². The Morgan fingerprint density at radius 2 is 1.60 bits per heavy atom. The molecule has 0 radical (unpaired) electrons. The van der Waals surface area contributed by atoms with Crippen molar-refractivity contribution in [1.82, 2.24) is 5.32 Å². The highest BCUT2D eigenvalue weighted by molar-refractivity contribution is 6.01. The first-order valence-electron chi connectivity index (χ1n) is 8.34. The van der Waals surface area contributed by atoms with Crippen LogP contribution < -0.4 is 10.2 Å². The van der Waals surface area contributed by atoms with Crippen LogP contribution in [0.4, 0.5) is 5.69 Å². The minimum absolute atomic E-state index is 0.130. The number of nitrogens with one attached hydrogen (secondary N) is 1. The summed E-state index contributed by atoms with van der Waals surface area (Å²) in [6.45, 7) is 6.03. The lowest BCUT2D eigenvalue weighted by Gasteiger charge is -2.25. The number of rotatable bonds is 8. The monoisotopic (exact) mass is 338 g/mol. The van der Waals surface area contributed by atoms with Crippen molar-refractivity contribution < 1.29 is 9.59 Å². The highest BCUT2D eigenvalue weighted by atomic mass is 16.2. The summed E-state index contributed by atoms with van der Waals surface area (Å²) in [5.41, 5.74) is 0.795. The van der Waals surface area contributed by atoms with Crippen LogP contribution in [0.25, 0.3) is 0 Å². The van der Waals surface area contributed by atoms with E-state index >= 15 is 0 Å². The van der Waals surface area contributed by atoms with Crippen molar-refractivity contribution in [3.8, 4) is 0 Å². The Morgan fingerprint density at radius 3 is 2.20 bits per heavy atom. The highest BCUT2D eigenvalue weighted by Crippen LogP contribution is 2.14. The minimum Gasteiger partial charge on any atom is -0.348 e. The van der Waals surface area contributed by atoms with Crippen LogP contribution in [0.1, 0.15) is 20.8 Å². The summed E-state index contributed by atoms with van der Waals surface area (Å²) < 4.78 is 0. The zero-order valence-corrected chi connectivity index (χ0v) is 15.1. The molecule has 132 valence electrons. The number of carbonyl (C=O) groups excluding carboxylic acids is 2. The molecule has 1 rings (SSSR count). The summed E-state index contributed by atoms with van der Waals surface area (Å²) in [7, 11) is 0. The predicted octanol–water partition coefficient (Wildman–Crippen LogP) is 3.79. The second kappa shape index (κ2) is 11.6. The van der Waals surface area contributed by atoms with E-state index in [9.17, 15) is 9.59 Å². The second-order valence-electron chi connectivity index (χ2n) is 5.46. The van der Waals surface area contributed by atoms with E-state index in [-0.39, 0.29) is 17.9 Å². The van der Waals surface area contributed by atoms with Crippen LogP contribution in [-0.2, 0) is 9.59 Å². The number of hydrogen-bond acceptors (Lipinski definition) is 2. The summed E-state index contributed by atoms with van der Waals surface area (Å²) in [6, 6.07) is 9.23. The van der Waals surface area contributed by atoms with Crippen LogP contribution in [0.2, 0.25) is 0 Å². The van der Waals surface area contributed by atoms with Gasteiger partial charge in [-0.25, -0.2) is 0 Å². The van der Waals surface area contributed by atoms with Gasteiger partial charge in [-0.15, -0.1) is 0 Å².